The standard InChI is InChI=1S/C18H18ClNO3S/c1-13(21)14-4-2-5-17(12-14)24(22,23)20-18(10-3-11-18)15-6-8-16(19)9-7-15/h2,4-9,12,20H,3,10-11H2,1H3. The number of nitrogens with one attached hydrogen (secondary N) is 1. The number of sulfonamides is 1. The molecule has 0 aliphatic heterocycles. The molecule has 0 spiro atoms. The summed E-state index contributed by atoms with van der Waals surface area (Å²) in [5, 5.41) is 0.616. The fourth-order valence-electron chi connectivity index (χ4n) is 2.95. The number of hydrogen-bond acceptors (Lipinski definition) is 3. The molecule has 1 aliphatic carbocycles. The average molecular weight is 364 g/mol. The largest absolute Gasteiger partial charge is 0.295 e. The average Bonchev–Trinajstić information content (AvgIpc) is 2.52. The second kappa shape index (κ2) is 6.31. The minimum Gasteiger partial charge on any atom is -0.295 e. The van der Waals surface area contributed by atoms with Gasteiger partial charge < -0.3 is 0 Å². The zero-order chi connectivity index (χ0) is 17.4. The van der Waals surface area contributed by atoms with Crippen molar-refractivity contribution >= 4 is 27.4 Å². The molecule has 3 rings (SSSR count). The van der Waals surface area contributed by atoms with Crippen LogP contribution in [0.1, 0.15) is 42.1 Å². The highest BCUT2D eigenvalue weighted by atomic mass is 35.5. The molecule has 0 aromatic heterocycles. The number of hydrogen-bond donors (Lipinski definition) is 1. The van der Waals surface area contributed by atoms with Gasteiger partial charge in [0.25, 0.3) is 0 Å². The smallest absolute Gasteiger partial charge is 0.241 e. The zero-order valence-electron chi connectivity index (χ0n) is 13.3. The van der Waals surface area contributed by atoms with E-state index in [1.165, 1.54) is 19.1 Å². The van der Waals surface area contributed by atoms with Gasteiger partial charge in [-0.1, -0.05) is 35.9 Å². The summed E-state index contributed by atoms with van der Waals surface area (Å²) >= 11 is 5.93. The van der Waals surface area contributed by atoms with Gasteiger partial charge in [0, 0.05) is 10.6 Å². The van der Waals surface area contributed by atoms with Crippen LogP contribution in [0.4, 0.5) is 0 Å². The molecular formula is C18H18ClNO3S. The van der Waals surface area contributed by atoms with Crippen LogP contribution in [0.5, 0.6) is 0 Å². The molecule has 0 radical (unpaired) electrons. The molecule has 6 heteroatoms. The van der Waals surface area contributed by atoms with Crippen molar-refractivity contribution in [2.75, 3.05) is 0 Å². The van der Waals surface area contributed by atoms with Gasteiger partial charge in [0.15, 0.2) is 5.78 Å². The maximum Gasteiger partial charge on any atom is 0.241 e. The molecule has 1 aliphatic rings. The molecule has 0 unspecified atom stereocenters. The Morgan fingerprint density at radius 2 is 1.79 bits per heavy atom. The lowest BCUT2D eigenvalue weighted by Crippen LogP contribution is -2.50. The number of benzene rings is 2. The van der Waals surface area contributed by atoms with Crippen LogP contribution < -0.4 is 4.72 Å². The van der Waals surface area contributed by atoms with Gasteiger partial charge in [-0.25, -0.2) is 13.1 Å². The van der Waals surface area contributed by atoms with E-state index < -0.39 is 15.6 Å². The SMILES string of the molecule is CC(=O)c1cccc(S(=O)(=O)NC2(c3ccc(Cl)cc3)CCC2)c1. The lowest BCUT2D eigenvalue weighted by molar-refractivity contribution is 0.101. The summed E-state index contributed by atoms with van der Waals surface area (Å²) in [5.41, 5.74) is 0.687. The predicted molar refractivity (Wildman–Crippen MR) is 93.7 cm³/mol. The summed E-state index contributed by atoms with van der Waals surface area (Å²) < 4.78 is 28.5. The Hall–Kier alpha value is -1.69. The van der Waals surface area contributed by atoms with Gasteiger partial charge in [-0.3, -0.25) is 4.79 Å². The van der Waals surface area contributed by atoms with E-state index in [0.717, 1.165) is 24.8 Å². The van der Waals surface area contributed by atoms with Crippen LogP contribution in [0.3, 0.4) is 0 Å². The molecule has 1 N–H and O–H groups in total. The van der Waals surface area contributed by atoms with Crippen LogP contribution in [0.15, 0.2) is 53.4 Å². The summed E-state index contributed by atoms with van der Waals surface area (Å²) in [6, 6.07) is 13.4. The fraction of sp³-hybridized carbons (Fsp3) is 0.278. The topological polar surface area (TPSA) is 63.2 Å². The maximum atomic E-state index is 12.8. The van der Waals surface area contributed by atoms with E-state index in [1.54, 1.807) is 24.3 Å². The second-order valence-corrected chi connectivity index (χ2v) is 8.25. The molecule has 0 bridgehead atoms. The van der Waals surface area contributed by atoms with Crippen molar-refractivity contribution < 1.29 is 13.2 Å². The van der Waals surface area contributed by atoms with Crippen LogP contribution in [-0.2, 0) is 15.6 Å². The highest BCUT2D eigenvalue weighted by Gasteiger charge is 2.42. The van der Waals surface area contributed by atoms with Gasteiger partial charge in [-0.15, -0.1) is 0 Å². The van der Waals surface area contributed by atoms with E-state index >= 15 is 0 Å². The molecule has 0 atom stereocenters. The number of carbonyl (C=O) groups excluding carboxylic acids is 1. The third kappa shape index (κ3) is 3.24. The summed E-state index contributed by atoms with van der Waals surface area (Å²) in [5.74, 6) is -0.164. The van der Waals surface area contributed by atoms with E-state index in [4.69, 9.17) is 11.6 Å². The Morgan fingerprint density at radius 3 is 2.33 bits per heavy atom. The van der Waals surface area contributed by atoms with Crippen molar-refractivity contribution in [1.82, 2.24) is 4.72 Å². The Kier molecular flexibility index (Phi) is 4.51. The number of Topliss-reactive ketones (excluding diaryl/α,β-unsaturated/α-hetero) is 1. The predicted octanol–water partition coefficient (Wildman–Crippen LogP) is 3.90. The van der Waals surface area contributed by atoms with Crippen LogP contribution in [-0.4, -0.2) is 14.2 Å². The Morgan fingerprint density at radius 1 is 1.12 bits per heavy atom. The summed E-state index contributed by atoms with van der Waals surface area (Å²) in [4.78, 5) is 11.6. The quantitative estimate of drug-likeness (QED) is 0.819. The molecule has 0 saturated heterocycles. The molecule has 0 amide bonds. The molecule has 126 valence electrons. The minimum atomic E-state index is -3.73. The van der Waals surface area contributed by atoms with Crippen molar-refractivity contribution in [3.8, 4) is 0 Å². The maximum absolute atomic E-state index is 12.8. The lowest BCUT2D eigenvalue weighted by Gasteiger charge is -2.42. The second-order valence-electron chi connectivity index (χ2n) is 6.13. The van der Waals surface area contributed by atoms with Gasteiger partial charge in [0.05, 0.1) is 10.4 Å². The van der Waals surface area contributed by atoms with Crippen LogP contribution in [0.25, 0.3) is 0 Å². The highest BCUT2D eigenvalue weighted by Crippen LogP contribution is 2.42. The fourth-order valence-corrected chi connectivity index (χ4v) is 4.57. The minimum absolute atomic E-state index is 0.107. The first-order valence-corrected chi connectivity index (χ1v) is 9.60. The third-order valence-corrected chi connectivity index (χ3v) is 6.27. The molecule has 2 aromatic carbocycles. The number of ketones is 1. The van der Waals surface area contributed by atoms with Crippen molar-refractivity contribution in [3.05, 3.63) is 64.7 Å². The van der Waals surface area contributed by atoms with Gasteiger partial charge in [0.1, 0.15) is 0 Å². The van der Waals surface area contributed by atoms with Crippen LogP contribution in [0, 0.1) is 0 Å². The molecule has 1 saturated carbocycles. The number of rotatable bonds is 5. The first kappa shape index (κ1) is 17.1. The van der Waals surface area contributed by atoms with Crippen molar-refractivity contribution in [1.29, 1.82) is 0 Å². The first-order chi connectivity index (χ1) is 11.3. The van der Waals surface area contributed by atoms with Crippen LogP contribution in [0.2, 0.25) is 5.02 Å². The van der Waals surface area contributed by atoms with E-state index in [2.05, 4.69) is 4.72 Å². The Bertz CT molecular complexity index is 871. The van der Waals surface area contributed by atoms with Crippen molar-refractivity contribution in [2.24, 2.45) is 0 Å². The third-order valence-electron chi connectivity index (χ3n) is 4.48. The molecular weight excluding hydrogens is 346 g/mol. The van der Waals surface area contributed by atoms with Gasteiger partial charge in [-0.05, 0) is 56.0 Å². The van der Waals surface area contributed by atoms with E-state index in [-0.39, 0.29) is 10.7 Å². The molecule has 2 aromatic rings. The first-order valence-electron chi connectivity index (χ1n) is 7.73. The molecule has 24 heavy (non-hydrogen) atoms. The Balaban J connectivity index is 1.94. The highest BCUT2D eigenvalue weighted by molar-refractivity contribution is 7.89. The lowest BCUT2D eigenvalue weighted by atomic mass is 9.73. The number of carbonyl (C=O) groups is 1. The van der Waals surface area contributed by atoms with E-state index in [0.29, 0.717) is 10.6 Å². The Labute approximate surface area is 146 Å². The monoisotopic (exact) mass is 363 g/mol. The van der Waals surface area contributed by atoms with Crippen molar-refractivity contribution in [3.63, 3.8) is 0 Å². The van der Waals surface area contributed by atoms with Gasteiger partial charge in [-0.2, -0.15) is 0 Å². The molecule has 4 nitrogen and oxygen atoms in total. The zero-order valence-corrected chi connectivity index (χ0v) is 14.8. The summed E-state index contributed by atoms with van der Waals surface area (Å²) in [6.45, 7) is 1.42. The van der Waals surface area contributed by atoms with Gasteiger partial charge >= 0.3 is 0 Å². The van der Waals surface area contributed by atoms with Crippen molar-refractivity contribution in [2.45, 2.75) is 36.6 Å². The normalized spacial score (nSPS) is 16.4. The number of halogens is 1. The van der Waals surface area contributed by atoms with E-state index in [9.17, 15) is 13.2 Å². The van der Waals surface area contributed by atoms with Gasteiger partial charge in [0.2, 0.25) is 10.0 Å². The van der Waals surface area contributed by atoms with Crippen LogP contribution >= 0.6 is 11.6 Å². The van der Waals surface area contributed by atoms with E-state index in [1.807, 2.05) is 12.1 Å². The molecule has 0 heterocycles. The molecule has 1 fully saturated rings. The summed E-state index contributed by atoms with van der Waals surface area (Å²) in [7, 11) is -3.73. The summed E-state index contributed by atoms with van der Waals surface area (Å²) in [6.07, 6.45) is 2.43.